The molecule has 0 saturated carbocycles. The summed E-state index contributed by atoms with van der Waals surface area (Å²) >= 11 is 0. The zero-order valence-electron chi connectivity index (χ0n) is 73.0. The van der Waals surface area contributed by atoms with Gasteiger partial charge in [0, 0.05) is 10.8 Å². The van der Waals surface area contributed by atoms with Crippen LogP contribution >= 0.6 is 0 Å². The molecule has 0 amide bonds. The first-order chi connectivity index (χ1) is 62.7. The van der Waals surface area contributed by atoms with Crippen molar-refractivity contribution in [3.63, 3.8) is 0 Å². The average molecular weight is 1630 g/mol. The van der Waals surface area contributed by atoms with Crippen LogP contribution in [0.3, 0.4) is 0 Å². The van der Waals surface area contributed by atoms with Crippen molar-refractivity contribution in [2.24, 2.45) is 0 Å². The van der Waals surface area contributed by atoms with E-state index in [1.807, 2.05) is 0 Å². The maximum Gasteiger partial charge on any atom is 0.0159 e. The van der Waals surface area contributed by atoms with Gasteiger partial charge >= 0.3 is 0 Å². The summed E-state index contributed by atoms with van der Waals surface area (Å²) in [6.45, 7) is 18.9. The van der Waals surface area contributed by atoms with Crippen LogP contribution in [0, 0.1) is 0 Å². The van der Waals surface area contributed by atoms with Crippen LogP contribution < -0.4 is 0 Å². The third-order valence-electron chi connectivity index (χ3n) is 30.6. The smallest absolute Gasteiger partial charge is 0.0159 e. The second-order valence-electron chi connectivity index (χ2n) is 38.5. The maximum atomic E-state index is 2.51. The van der Waals surface area contributed by atoms with E-state index < -0.39 is 0 Å². The first-order valence-corrected chi connectivity index (χ1v) is 45.9. The molecule has 0 aliphatic heterocycles. The fraction of sp³-hybridized carbons (Fsp3) is 0.0938. The van der Waals surface area contributed by atoms with Crippen LogP contribution in [0.1, 0.15) is 101 Å². The third-order valence-corrected chi connectivity index (χ3v) is 30.6. The van der Waals surface area contributed by atoms with E-state index in [1.165, 1.54) is 296 Å². The lowest BCUT2D eigenvalue weighted by molar-refractivity contribution is 0.660. The Labute approximate surface area is 745 Å². The number of hydrogen-bond acceptors (Lipinski definition) is 0. The number of hydrogen-bond donors (Lipinski definition) is 0. The number of fused-ring (bicyclic) bond motifs is 18. The Morgan fingerprint density at radius 1 is 0.156 bits per heavy atom. The summed E-state index contributed by atoms with van der Waals surface area (Å²) in [5.74, 6) is 0.971. The van der Waals surface area contributed by atoms with Crippen LogP contribution in [0.25, 0.3) is 263 Å². The van der Waals surface area contributed by atoms with E-state index in [4.69, 9.17) is 0 Å². The summed E-state index contributed by atoms with van der Waals surface area (Å²) < 4.78 is 0. The van der Waals surface area contributed by atoms with Gasteiger partial charge in [-0.1, -0.05) is 419 Å². The van der Waals surface area contributed by atoms with Crippen molar-refractivity contribution in [2.45, 2.75) is 78.1 Å². The van der Waals surface area contributed by atoms with Gasteiger partial charge in [0.2, 0.25) is 0 Å². The van der Waals surface area contributed by atoms with Gasteiger partial charge in [-0.25, -0.2) is 0 Å². The lowest BCUT2D eigenvalue weighted by atomic mass is 9.78. The molecule has 0 spiro atoms. The molecule has 5 aliphatic rings. The lowest BCUT2D eigenvalue weighted by Gasteiger charge is -2.25. The van der Waals surface area contributed by atoms with Crippen molar-refractivity contribution in [3.8, 4) is 134 Å². The predicted molar refractivity (Wildman–Crippen MR) is 550 cm³/mol. The van der Waals surface area contributed by atoms with Crippen LogP contribution in [0.2, 0.25) is 0 Å². The predicted octanol–water partition coefficient (Wildman–Crippen LogP) is 36.2. The van der Waals surface area contributed by atoms with E-state index >= 15 is 0 Å². The van der Waals surface area contributed by atoms with Gasteiger partial charge in [-0.05, 0) is 320 Å². The molecule has 29 rings (SSSR count). The van der Waals surface area contributed by atoms with Gasteiger partial charge in [0.15, 0.2) is 0 Å². The first-order valence-electron chi connectivity index (χ1n) is 45.9. The summed E-state index contributed by atoms with van der Waals surface area (Å²) in [5, 5.41) is 32.0. The van der Waals surface area contributed by atoms with Gasteiger partial charge in [-0.3, -0.25) is 0 Å². The highest BCUT2D eigenvalue weighted by Gasteiger charge is 2.41. The molecule has 0 aromatic heterocycles. The molecule has 0 heteroatoms. The molecule has 0 N–H and O–H groups in total. The molecule has 128 heavy (non-hydrogen) atoms. The van der Waals surface area contributed by atoms with Crippen molar-refractivity contribution in [2.75, 3.05) is 0 Å². The summed E-state index contributed by atoms with van der Waals surface area (Å²) in [7, 11) is 0. The minimum atomic E-state index is -0.0708. The molecule has 0 atom stereocenters. The molecule has 0 bridgehead atoms. The van der Waals surface area contributed by atoms with Gasteiger partial charge < -0.3 is 0 Å². The van der Waals surface area contributed by atoms with Crippen molar-refractivity contribution in [1.82, 2.24) is 0 Å². The van der Waals surface area contributed by atoms with Crippen LogP contribution in [0.15, 0.2) is 376 Å². The van der Waals surface area contributed by atoms with Crippen LogP contribution in [-0.4, -0.2) is 0 Å². The second-order valence-corrected chi connectivity index (χ2v) is 38.5. The number of rotatable bonds is 6. The molecule has 0 unspecified atom stereocenters. The molecule has 5 aliphatic carbocycles. The maximum absolute atomic E-state index is 2.51. The zero-order valence-corrected chi connectivity index (χ0v) is 73.0. The van der Waals surface area contributed by atoms with E-state index in [0.29, 0.717) is 11.8 Å². The van der Waals surface area contributed by atoms with E-state index in [2.05, 4.69) is 432 Å². The third kappa shape index (κ3) is 9.90. The highest BCUT2D eigenvalue weighted by Crippen LogP contribution is 2.64. The van der Waals surface area contributed by atoms with E-state index in [-0.39, 0.29) is 10.8 Å². The van der Waals surface area contributed by atoms with E-state index in [1.54, 1.807) is 0 Å². The van der Waals surface area contributed by atoms with Gasteiger partial charge in [0.25, 0.3) is 0 Å². The zero-order chi connectivity index (χ0) is 85.2. The average Bonchev–Trinajstić information content (AvgIpc) is 1.52. The monoisotopic (exact) mass is 1620 g/mol. The van der Waals surface area contributed by atoms with E-state index in [9.17, 15) is 0 Å². The largest absolute Gasteiger partial charge is 0.0619 e. The Hall–Kier alpha value is -15.1. The minimum Gasteiger partial charge on any atom is -0.0619 e. The first kappa shape index (κ1) is 73.3. The summed E-state index contributed by atoms with van der Waals surface area (Å²) in [6, 6.07) is 142. The van der Waals surface area contributed by atoms with Gasteiger partial charge in [-0.2, -0.15) is 0 Å². The Bertz CT molecular complexity index is 8520. The molecule has 0 radical (unpaired) electrons. The van der Waals surface area contributed by atoms with Crippen molar-refractivity contribution in [3.05, 3.63) is 409 Å². The molecule has 0 nitrogen and oxygen atoms in total. The Morgan fingerprint density at radius 3 is 0.742 bits per heavy atom. The van der Waals surface area contributed by atoms with Gasteiger partial charge in [-0.15, -0.1) is 0 Å². The molecule has 24 aromatic rings. The van der Waals surface area contributed by atoms with Crippen molar-refractivity contribution >= 4 is 129 Å². The van der Waals surface area contributed by atoms with Crippen molar-refractivity contribution in [1.29, 1.82) is 0 Å². The lowest BCUT2D eigenvalue weighted by Crippen LogP contribution is -2.15. The summed E-state index contributed by atoms with van der Waals surface area (Å²) in [6.07, 6.45) is 0. The quantitative estimate of drug-likeness (QED) is 0.146. The fourth-order valence-corrected chi connectivity index (χ4v) is 25.3. The highest BCUT2D eigenvalue weighted by molar-refractivity contribution is 6.35. The molecule has 0 saturated heterocycles. The second kappa shape index (κ2) is 26.7. The Balaban J connectivity index is 0.000000105. The fourth-order valence-electron chi connectivity index (χ4n) is 25.3. The van der Waals surface area contributed by atoms with Crippen LogP contribution in [0.5, 0.6) is 0 Å². The Kier molecular flexibility index (Phi) is 15.3. The van der Waals surface area contributed by atoms with Gasteiger partial charge in [0.05, 0.1) is 0 Å². The Morgan fingerprint density at radius 2 is 0.398 bits per heavy atom. The van der Waals surface area contributed by atoms with E-state index in [0.717, 1.165) is 0 Å². The molecule has 24 aromatic carbocycles. The topological polar surface area (TPSA) is 0 Å². The molecular weight excluding hydrogens is 1540 g/mol. The normalized spacial score (nSPS) is 13.6. The standard InChI is InChI=1S/C52H28.C50H36.C26H24/c1-2-14-37-36(13-1)49(40-27-23-34-19-17-30-7-3-9-32-21-25-38(40)47(34)44(30)32)51-42-15-5-11-29-12-6-16-43(46(29)42)52(51)50(37)41-28-24-35-20-18-31-8-4-10-33-22-26-39(41)48(35)45(31)33;1-49(2)40-21-9-7-15-32(40)34-25-23-30(27-42(34)49)45-36-17-5-6-18-37(36)46(48-39-20-12-14-29-13-11-19-38(44(29)39)47(45)48)31-24-26-35-33-16-8-10-22-41(33)50(3,4)43(35)28-31;1-15(2)22-18-11-5-6-12-19(18)23(16(3)4)26-21-14-8-10-17-9-7-13-20(24(17)21)25(22)26/h1-28H;5-28H,1-4H3;5-16H,1-4H3. The molecule has 0 fully saturated rings. The van der Waals surface area contributed by atoms with Crippen LogP contribution in [-0.2, 0) is 10.8 Å². The summed E-state index contributed by atoms with van der Waals surface area (Å²) in [5.41, 5.74) is 41.0. The SMILES string of the molecule is CC(C)c1c2c(c(C(C)C)c3ccccc13)-c1cccc3cccc-2c13.CC1(C)c2ccccc2-c2ccc(-c3c4c(c(-c5ccc6c(c5)C(C)(C)c5ccccc5-6)c5ccccc35)-c3cccc5cccc-4c35)cc21.c1cc2c3c(cccc3c1)-c1c-2c(-c2ccc3ccc4cccc5ccc2c3c45)c2ccccc2c1-c1ccc2ccc3cccc4ccc1c2c34. The van der Waals surface area contributed by atoms with Crippen molar-refractivity contribution < 1.29 is 0 Å². The highest BCUT2D eigenvalue weighted by atomic mass is 14.4. The number of benzene rings is 24. The molecule has 600 valence electrons. The minimum absolute atomic E-state index is 0.0708. The summed E-state index contributed by atoms with van der Waals surface area (Å²) in [4.78, 5) is 0. The molecular formula is C128H88. The van der Waals surface area contributed by atoms with Gasteiger partial charge in [0.1, 0.15) is 0 Å². The van der Waals surface area contributed by atoms with Crippen LogP contribution in [0.4, 0.5) is 0 Å². The molecule has 0 heterocycles.